The number of halogens is 4. The first-order chi connectivity index (χ1) is 19.6. The molecule has 1 aromatic carbocycles. The van der Waals surface area contributed by atoms with E-state index in [2.05, 4.69) is 20.0 Å². The lowest BCUT2D eigenvalue weighted by atomic mass is 9.96. The summed E-state index contributed by atoms with van der Waals surface area (Å²) < 4.78 is 94.7. The number of aliphatic hydroxyl groups excluding tert-OH is 1. The number of H-pyrrole nitrogens is 1. The van der Waals surface area contributed by atoms with E-state index >= 15 is 8.78 Å². The average Bonchev–Trinajstić information content (AvgIpc) is 3.40. The summed E-state index contributed by atoms with van der Waals surface area (Å²) >= 11 is 0. The van der Waals surface area contributed by atoms with Crippen molar-refractivity contribution < 1.29 is 50.5 Å². The number of nitrogens with two attached hydrogens (primary N) is 1. The van der Waals surface area contributed by atoms with Gasteiger partial charge in [-0.3, -0.25) is 23.7 Å². The van der Waals surface area contributed by atoms with Gasteiger partial charge in [0.15, 0.2) is 22.9 Å². The molecule has 230 valence electrons. The number of para-hydroxylation sites is 1. The number of aliphatic hydroxyl groups is 1. The van der Waals surface area contributed by atoms with Crippen LogP contribution in [0.5, 0.6) is 5.75 Å². The number of rotatable bonds is 11. The van der Waals surface area contributed by atoms with Crippen molar-refractivity contribution in [2.45, 2.75) is 63.2 Å². The van der Waals surface area contributed by atoms with E-state index in [-0.39, 0.29) is 5.75 Å². The molecule has 14 nitrogen and oxygen atoms in total. The molecule has 42 heavy (non-hydrogen) atoms. The number of nitrogen functional groups attached to an aromatic ring is 1. The number of nitrogens with one attached hydrogen (secondary N) is 2. The fourth-order valence-corrected chi connectivity index (χ4v) is 5.57. The Morgan fingerprint density at radius 1 is 1.29 bits per heavy atom. The fourth-order valence-electron chi connectivity index (χ4n) is 4.04. The highest BCUT2D eigenvalue weighted by molar-refractivity contribution is 7.52. The lowest BCUT2D eigenvalue weighted by Crippen LogP contribution is -2.54. The number of ether oxygens (including phenoxy) is 2. The lowest BCUT2D eigenvalue weighted by molar-refractivity contribution is -0.191. The smallest absolute Gasteiger partial charge is 0.459 e. The molecule has 1 aliphatic rings. The molecular weight excluding hydrogens is 595 g/mol. The van der Waals surface area contributed by atoms with Crippen LogP contribution in [-0.2, 0) is 23.4 Å². The summed E-state index contributed by atoms with van der Waals surface area (Å²) in [5.41, 5.74) is 0.0677. The first-order valence-corrected chi connectivity index (χ1v) is 13.9. The van der Waals surface area contributed by atoms with Gasteiger partial charge in [-0.05, 0) is 32.9 Å². The van der Waals surface area contributed by atoms with Crippen LogP contribution in [0.3, 0.4) is 0 Å². The van der Waals surface area contributed by atoms with Gasteiger partial charge in [0.2, 0.25) is 12.2 Å². The number of nitrogens with zero attached hydrogens (tertiary/aromatic N) is 3. The predicted molar refractivity (Wildman–Crippen MR) is 137 cm³/mol. The van der Waals surface area contributed by atoms with Crippen LogP contribution >= 0.6 is 7.75 Å². The van der Waals surface area contributed by atoms with Gasteiger partial charge in [0.25, 0.3) is 12.0 Å². The van der Waals surface area contributed by atoms with Gasteiger partial charge in [-0.1, -0.05) is 18.2 Å². The largest absolute Gasteiger partial charge is 0.462 e. The number of aromatic nitrogens is 4. The standard InChI is InChI=1S/C23H27F4N6O8P/c1-11(2)39-17(35)12(3)32-42(37,41-13-7-5-4-6-8-13)38-9-22(19(24)25)18(36)23(26,27)20(40-22)33-10-29-14-15(33)30-21(28)31-16(14)34/h4-8,10-12,18-20,36H,9H2,1-3H3,(H,32,37)(H3,28,30,31,34)/t12-,18+,20+,22+,42?/m0/s1. The summed E-state index contributed by atoms with van der Waals surface area (Å²) in [6.07, 6.45) is -9.69. The van der Waals surface area contributed by atoms with Crippen molar-refractivity contribution in [3.8, 4) is 5.75 Å². The van der Waals surface area contributed by atoms with Crippen molar-refractivity contribution in [1.82, 2.24) is 24.6 Å². The number of hydrogen-bond donors (Lipinski definition) is 4. The number of esters is 1. The molecule has 0 aliphatic carbocycles. The third-order valence-electron chi connectivity index (χ3n) is 6.05. The van der Waals surface area contributed by atoms with Crippen LogP contribution < -0.4 is 20.9 Å². The zero-order valence-corrected chi connectivity index (χ0v) is 23.1. The highest BCUT2D eigenvalue weighted by Gasteiger charge is 2.71. The molecular formula is C23H27F4N6O8P. The molecule has 4 rings (SSSR count). The molecule has 3 heterocycles. The molecule has 0 amide bonds. The number of imidazole rings is 1. The van der Waals surface area contributed by atoms with Gasteiger partial charge < -0.3 is 24.8 Å². The Morgan fingerprint density at radius 3 is 2.57 bits per heavy atom. The molecule has 0 saturated carbocycles. The zero-order chi connectivity index (χ0) is 31.0. The van der Waals surface area contributed by atoms with Crippen molar-refractivity contribution in [3.05, 3.63) is 47.0 Å². The Hall–Kier alpha value is -3.57. The van der Waals surface area contributed by atoms with E-state index in [0.29, 0.717) is 10.9 Å². The SMILES string of the molecule is CC(C)OC(=O)[C@H](C)NP(=O)(OC[C@@]1(C(F)F)O[C@@H](n2cnc3c(=O)[nH]c(N)nc32)C(F)(F)[C@@H]1O)Oc1ccccc1. The minimum atomic E-state index is -4.84. The summed E-state index contributed by atoms with van der Waals surface area (Å²) in [4.78, 5) is 33.9. The highest BCUT2D eigenvalue weighted by atomic mass is 31.2. The second kappa shape index (κ2) is 11.6. The molecule has 0 bridgehead atoms. The van der Waals surface area contributed by atoms with E-state index in [4.69, 9.17) is 24.3 Å². The molecule has 5 atom stereocenters. The molecule has 3 aromatic rings. The van der Waals surface area contributed by atoms with Crippen LogP contribution in [-0.4, -0.2) is 73.4 Å². The summed E-state index contributed by atoms with van der Waals surface area (Å²) in [6, 6.07) is 5.81. The van der Waals surface area contributed by atoms with E-state index in [1.807, 2.05) is 0 Å². The molecule has 1 unspecified atom stereocenters. The van der Waals surface area contributed by atoms with Crippen molar-refractivity contribution in [3.63, 3.8) is 0 Å². The lowest BCUT2D eigenvalue weighted by Gasteiger charge is -2.32. The van der Waals surface area contributed by atoms with Crippen molar-refractivity contribution in [2.75, 3.05) is 12.3 Å². The van der Waals surface area contributed by atoms with Crippen LogP contribution in [0.15, 0.2) is 41.5 Å². The van der Waals surface area contributed by atoms with Crippen LogP contribution in [0.1, 0.15) is 27.0 Å². The third-order valence-corrected chi connectivity index (χ3v) is 7.67. The summed E-state index contributed by atoms with van der Waals surface area (Å²) in [7, 11) is -4.84. The van der Waals surface area contributed by atoms with Gasteiger partial charge in [0.05, 0.1) is 19.0 Å². The monoisotopic (exact) mass is 622 g/mol. The molecule has 0 spiro atoms. The number of alkyl halides is 4. The average molecular weight is 622 g/mol. The number of anilines is 1. The zero-order valence-electron chi connectivity index (χ0n) is 22.2. The second-order valence-corrected chi connectivity index (χ2v) is 11.3. The van der Waals surface area contributed by atoms with Gasteiger partial charge >= 0.3 is 19.6 Å². The quantitative estimate of drug-likeness (QED) is 0.139. The second-order valence-electron chi connectivity index (χ2n) is 9.59. The number of aromatic amines is 1. The van der Waals surface area contributed by atoms with Gasteiger partial charge in [-0.25, -0.2) is 18.3 Å². The number of hydrogen-bond acceptors (Lipinski definition) is 11. The molecule has 1 saturated heterocycles. The number of carbonyl (C=O) groups excluding carboxylic acids is 1. The highest BCUT2D eigenvalue weighted by Crippen LogP contribution is 2.53. The Bertz CT molecular complexity index is 1540. The molecule has 1 aliphatic heterocycles. The van der Waals surface area contributed by atoms with Gasteiger partial charge in [0.1, 0.15) is 11.8 Å². The van der Waals surface area contributed by atoms with Gasteiger partial charge in [-0.2, -0.15) is 18.9 Å². The molecule has 2 aromatic heterocycles. The summed E-state index contributed by atoms with van der Waals surface area (Å²) in [6.45, 7) is 2.69. The van der Waals surface area contributed by atoms with Gasteiger partial charge in [-0.15, -0.1) is 0 Å². The maximum absolute atomic E-state index is 15.4. The normalized spacial score (nSPS) is 24.1. The molecule has 1 fully saturated rings. The van der Waals surface area contributed by atoms with Crippen LogP contribution in [0, 0.1) is 0 Å². The molecule has 0 radical (unpaired) electrons. The minimum Gasteiger partial charge on any atom is -0.462 e. The maximum atomic E-state index is 15.4. The number of fused-ring (bicyclic) bond motifs is 1. The first kappa shape index (κ1) is 31.4. The summed E-state index contributed by atoms with van der Waals surface area (Å²) in [5.74, 6) is -5.96. The Balaban J connectivity index is 1.68. The summed E-state index contributed by atoms with van der Waals surface area (Å²) in [5, 5.41) is 12.8. The number of carbonyl (C=O) groups is 1. The Kier molecular flexibility index (Phi) is 8.67. The van der Waals surface area contributed by atoms with Crippen molar-refractivity contribution in [2.24, 2.45) is 0 Å². The minimum absolute atomic E-state index is 0.0984. The van der Waals surface area contributed by atoms with E-state index in [1.165, 1.54) is 31.2 Å². The fraction of sp³-hybridized carbons (Fsp3) is 0.478. The van der Waals surface area contributed by atoms with E-state index in [1.54, 1.807) is 19.9 Å². The van der Waals surface area contributed by atoms with Gasteiger partial charge in [0, 0.05) is 0 Å². The Labute approximate surface area is 234 Å². The van der Waals surface area contributed by atoms with E-state index < -0.39 is 85.4 Å². The van der Waals surface area contributed by atoms with E-state index in [9.17, 15) is 28.0 Å². The van der Waals surface area contributed by atoms with Crippen LogP contribution in [0.2, 0.25) is 0 Å². The van der Waals surface area contributed by atoms with Crippen molar-refractivity contribution >= 4 is 30.8 Å². The number of benzene rings is 1. The van der Waals surface area contributed by atoms with Crippen LogP contribution in [0.25, 0.3) is 11.2 Å². The maximum Gasteiger partial charge on any atom is 0.459 e. The van der Waals surface area contributed by atoms with E-state index in [0.717, 1.165) is 0 Å². The Morgan fingerprint density at radius 2 is 1.95 bits per heavy atom. The first-order valence-electron chi connectivity index (χ1n) is 12.3. The topological polar surface area (TPSA) is 193 Å². The molecule has 5 N–H and O–H groups in total. The molecule has 19 heteroatoms. The van der Waals surface area contributed by atoms with Crippen LogP contribution in [0.4, 0.5) is 23.5 Å². The van der Waals surface area contributed by atoms with Crippen molar-refractivity contribution in [1.29, 1.82) is 0 Å². The predicted octanol–water partition coefficient (Wildman–Crippen LogP) is 2.36. The third kappa shape index (κ3) is 5.98.